The first-order chi connectivity index (χ1) is 16.4. The number of Topliss-reactive ketones (excluding diaryl/α,β-unsaturated/α-hetero) is 1. The number of amides is 1. The highest BCUT2D eigenvalue weighted by Gasteiger charge is 2.47. The number of anilines is 1. The van der Waals surface area contributed by atoms with Gasteiger partial charge in [0.15, 0.2) is 0 Å². The molecule has 1 N–H and O–H groups in total. The fourth-order valence-corrected chi connectivity index (χ4v) is 3.97. The van der Waals surface area contributed by atoms with Crippen LogP contribution in [0.15, 0.2) is 72.3 Å². The molecule has 0 bridgehead atoms. The van der Waals surface area contributed by atoms with Crippen LogP contribution in [0.4, 0.5) is 10.1 Å². The minimum Gasteiger partial charge on any atom is -0.507 e. The van der Waals surface area contributed by atoms with Crippen LogP contribution in [0.2, 0.25) is 0 Å². The predicted molar refractivity (Wildman–Crippen MR) is 124 cm³/mol. The smallest absolute Gasteiger partial charge is 0.300 e. The quantitative estimate of drug-likeness (QED) is 0.330. The summed E-state index contributed by atoms with van der Waals surface area (Å²) < 4.78 is 29.8. The fraction of sp³-hybridized carbons (Fsp3) is 0.154. The molecule has 0 radical (unpaired) electrons. The summed E-state index contributed by atoms with van der Waals surface area (Å²) in [4.78, 5) is 27.6. The number of carbonyl (C=O) groups is 2. The van der Waals surface area contributed by atoms with Gasteiger partial charge in [0, 0.05) is 11.8 Å². The van der Waals surface area contributed by atoms with E-state index in [1.54, 1.807) is 36.4 Å². The molecule has 1 fully saturated rings. The molecule has 0 aliphatic carbocycles. The highest BCUT2D eigenvalue weighted by atomic mass is 19.1. The molecule has 4 rings (SSSR count). The van der Waals surface area contributed by atoms with E-state index in [1.165, 1.54) is 50.5 Å². The van der Waals surface area contributed by atoms with Gasteiger partial charge in [-0.15, -0.1) is 0 Å². The van der Waals surface area contributed by atoms with E-state index in [0.717, 1.165) is 6.07 Å². The van der Waals surface area contributed by atoms with Crippen LogP contribution in [0.25, 0.3) is 5.76 Å². The van der Waals surface area contributed by atoms with Gasteiger partial charge in [-0.05, 0) is 48.0 Å². The van der Waals surface area contributed by atoms with E-state index in [9.17, 15) is 19.1 Å². The van der Waals surface area contributed by atoms with Crippen LogP contribution in [-0.4, -0.2) is 38.1 Å². The molecule has 1 amide bonds. The third-order valence-corrected chi connectivity index (χ3v) is 5.63. The third kappa shape index (κ3) is 3.94. The molecule has 1 aliphatic heterocycles. The number of aliphatic hydroxyl groups excluding tert-OH is 1. The summed E-state index contributed by atoms with van der Waals surface area (Å²) in [6, 6.07) is 15.8. The second-order valence-electron chi connectivity index (χ2n) is 7.49. The zero-order valence-corrected chi connectivity index (χ0v) is 18.7. The Morgan fingerprint density at radius 1 is 0.882 bits per heavy atom. The van der Waals surface area contributed by atoms with Crippen LogP contribution in [0.1, 0.15) is 17.2 Å². The molecule has 0 aromatic heterocycles. The van der Waals surface area contributed by atoms with Crippen LogP contribution < -0.4 is 19.1 Å². The Balaban J connectivity index is 1.96. The van der Waals surface area contributed by atoms with Crippen molar-refractivity contribution in [3.05, 3.63) is 89.2 Å². The lowest BCUT2D eigenvalue weighted by Crippen LogP contribution is -2.29. The minimum atomic E-state index is -1.01. The van der Waals surface area contributed by atoms with E-state index in [4.69, 9.17) is 14.2 Å². The maximum absolute atomic E-state index is 14.0. The van der Waals surface area contributed by atoms with E-state index in [1.807, 2.05) is 0 Å². The summed E-state index contributed by atoms with van der Waals surface area (Å²) >= 11 is 0. The summed E-state index contributed by atoms with van der Waals surface area (Å²) in [6.07, 6.45) is 0. The number of carbonyl (C=O) groups excluding carboxylic acids is 2. The SMILES string of the molecule is COc1ccc(C2/C(=C(/O)c3ccc(OC)cc3OC)C(=O)C(=O)N2c2cccc(F)c2)cc1. The molecule has 174 valence electrons. The standard InChI is InChI=1S/C26H22FNO6/c1-32-18-9-7-15(8-10-18)23-22(24(29)20-12-11-19(33-2)14-21(20)34-3)25(30)26(31)28(23)17-6-4-5-16(27)13-17/h4-14,23,29H,1-3H3/b24-22-. The Morgan fingerprint density at radius 2 is 1.56 bits per heavy atom. The molecule has 1 saturated heterocycles. The van der Waals surface area contributed by atoms with Gasteiger partial charge < -0.3 is 19.3 Å². The molecule has 0 saturated carbocycles. The summed E-state index contributed by atoms with van der Waals surface area (Å²) in [5, 5.41) is 11.3. The number of hydrogen-bond donors (Lipinski definition) is 1. The molecule has 34 heavy (non-hydrogen) atoms. The Labute approximate surface area is 195 Å². The lowest BCUT2D eigenvalue weighted by molar-refractivity contribution is -0.132. The first-order valence-electron chi connectivity index (χ1n) is 10.3. The molecule has 3 aromatic rings. The van der Waals surface area contributed by atoms with Crippen molar-refractivity contribution in [1.29, 1.82) is 0 Å². The average molecular weight is 463 g/mol. The molecule has 7 nitrogen and oxygen atoms in total. The average Bonchev–Trinajstić information content (AvgIpc) is 3.13. The number of rotatable bonds is 6. The maximum Gasteiger partial charge on any atom is 0.300 e. The summed E-state index contributed by atoms with van der Waals surface area (Å²) in [7, 11) is 4.42. The van der Waals surface area contributed by atoms with Gasteiger partial charge in [0.05, 0.1) is 38.5 Å². The van der Waals surface area contributed by atoms with Crippen molar-refractivity contribution in [2.45, 2.75) is 6.04 Å². The van der Waals surface area contributed by atoms with Crippen molar-refractivity contribution in [2.24, 2.45) is 0 Å². The number of aliphatic hydroxyl groups is 1. The van der Waals surface area contributed by atoms with Gasteiger partial charge >= 0.3 is 0 Å². The van der Waals surface area contributed by atoms with Crippen LogP contribution in [-0.2, 0) is 9.59 Å². The second-order valence-corrected chi connectivity index (χ2v) is 7.49. The monoisotopic (exact) mass is 463 g/mol. The van der Waals surface area contributed by atoms with E-state index in [2.05, 4.69) is 0 Å². The molecule has 1 unspecified atom stereocenters. The number of hydrogen-bond acceptors (Lipinski definition) is 6. The number of halogens is 1. The Kier molecular flexibility index (Phi) is 6.23. The van der Waals surface area contributed by atoms with Crippen molar-refractivity contribution in [1.82, 2.24) is 0 Å². The number of methoxy groups -OCH3 is 3. The minimum absolute atomic E-state index is 0.150. The predicted octanol–water partition coefficient (Wildman–Crippen LogP) is 4.48. The van der Waals surface area contributed by atoms with Crippen LogP contribution in [0, 0.1) is 5.82 Å². The molecular weight excluding hydrogens is 441 g/mol. The first-order valence-corrected chi connectivity index (χ1v) is 10.3. The topological polar surface area (TPSA) is 85.3 Å². The first kappa shape index (κ1) is 22.8. The molecule has 1 heterocycles. The van der Waals surface area contributed by atoms with Gasteiger partial charge in [0.2, 0.25) is 0 Å². The van der Waals surface area contributed by atoms with Gasteiger partial charge in [-0.3, -0.25) is 14.5 Å². The zero-order chi connectivity index (χ0) is 24.4. The van der Waals surface area contributed by atoms with Crippen LogP contribution >= 0.6 is 0 Å². The van der Waals surface area contributed by atoms with Crippen molar-refractivity contribution < 1.29 is 33.3 Å². The lowest BCUT2D eigenvalue weighted by Gasteiger charge is -2.25. The van der Waals surface area contributed by atoms with Gasteiger partial charge in [-0.1, -0.05) is 18.2 Å². The van der Waals surface area contributed by atoms with Crippen molar-refractivity contribution in [3.63, 3.8) is 0 Å². The molecule has 1 aliphatic rings. The van der Waals surface area contributed by atoms with Crippen molar-refractivity contribution in [3.8, 4) is 17.2 Å². The van der Waals surface area contributed by atoms with Crippen molar-refractivity contribution in [2.75, 3.05) is 26.2 Å². The molecular formula is C26H22FNO6. The van der Waals surface area contributed by atoms with Gasteiger partial charge in [-0.2, -0.15) is 0 Å². The van der Waals surface area contributed by atoms with Gasteiger partial charge in [-0.25, -0.2) is 4.39 Å². The number of ether oxygens (including phenoxy) is 3. The van der Waals surface area contributed by atoms with Gasteiger partial charge in [0.1, 0.15) is 28.8 Å². The maximum atomic E-state index is 14.0. The zero-order valence-electron chi connectivity index (χ0n) is 18.7. The van der Waals surface area contributed by atoms with Crippen LogP contribution in [0.3, 0.4) is 0 Å². The number of nitrogens with zero attached hydrogens (tertiary/aromatic N) is 1. The third-order valence-electron chi connectivity index (χ3n) is 5.63. The summed E-state index contributed by atoms with van der Waals surface area (Å²) in [5.74, 6) is -1.46. The van der Waals surface area contributed by atoms with E-state index in [-0.39, 0.29) is 22.6 Å². The Hall–Kier alpha value is -4.33. The number of ketones is 1. The van der Waals surface area contributed by atoms with Crippen LogP contribution in [0.5, 0.6) is 17.2 Å². The largest absolute Gasteiger partial charge is 0.507 e. The Morgan fingerprint density at radius 3 is 2.18 bits per heavy atom. The molecule has 8 heteroatoms. The molecule has 1 atom stereocenters. The fourth-order valence-electron chi connectivity index (χ4n) is 3.97. The summed E-state index contributed by atoms with van der Waals surface area (Å²) in [5.41, 5.74) is 0.768. The Bertz CT molecular complexity index is 1280. The summed E-state index contributed by atoms with van der Waals surface area (Å²) in [6.45, 7) is 0. The lowest BCUT2D eigenvalue weighted by atomic mass is 9.94. The van der Waals surface area contributed by atoms with E-state index >= 15 is 0 Å². The second kappa shape index (κ2) is 9.27. The van der Waals surface area contributed by atoms with Gasteiger partial charge in [0.25, 0.3) is 11.7 Å². The highest BCUT2D eigenvalue weighted by Crippen LogP contribution is 2.44. The number of benzene rings is 3. The van der Waals surface area contributed by atoms with E-state index < -0.39 is 29.3 Å². The molecule has 0 spiro atoms. The van der Waals surface area contributed by atoms with E-state index in [0.29, 0.717) is 17.1 Å². The highest BCUT2D eigenvalue weighted by molar-refractivity contribution is 6.51. The normalized spacial score (nSPS) is 17.1. The molecule has 3 aromatic carbocycles. The van der Waals surface area contributed by atoms with Crippen molar-refractivity contribution >= 4 is 23.1 Å².